The average molecular weight is 745 g/mol. The number of unbranched alkanes of at least 4 members (excludes halogenated alkanes) is 12. The molecule has 0 saturated heterocycles. The lowest BCUT2D eigenvalue weighted by atomic mass is 9.74. The monoisotopic (exact) mass is 744 g/mol. The zero-order chi connectivity index (χ0) is 35.0. The van der Waals surface area contributed by atoms with E-state index in [4.69, 9.17) is 0 Å². The number of thiol groups is 4. The second-order valence-electron chi connectivity index (χ2n) is 15.0. The van der Waals surface area contributed by atoms with Crippen molar-refractivity contribution in [3.8, 4) is 0 Å². The van der Waals surface area contributed by atoms with Gasteiger partial charge in [0.1, 0.15) is 0 Å². The molecule has 0 radical (unpaired) electrons. The van der Waals surface area contributed by atoms with E-state index in [9.17, 15) is 0 Å². The van der Waals surface area contributed by atoms with E-state index in [1.165, 1.54) is 166 Å². The van der Waals surface area contributed by atoms with E-state index < -0.39 is 0 Å². The van der Waals surface area contributed by atoms with E-state index in [2.05, 4.69) is 111 Å². The van der Waals surface area contributed by atoms with Crippen molar-refractivity contribution >= 4 is 93.6 Å². The third kappa shape index (κ3) is 10.5. The Hall–Kier alpha value is -1.20. The van der Waals surface area contributed by atoms with Gasteiger partial charge in [0.05, 0.1) is 0 Å². The first-order valence-electron chi connectivity index (χ1n) is 20.3. The van der Waals surface area contributed by atoms with E-state index in [0.29, 0.717) is 11.8 Å². The number of hydrogen-bond donors (Lipinski definition) is 4. The van der Waals surface area contributed by atoms with Crippen LogP contribution in [-0.2, 0) is 0 Å². The topological polar surface area (TPSA) is 0 Å². The molecule has 0 aliphatic carbocycles. The van der Waals surface area contributed by atoms with Gasteiger partial charge in [-0.2, -0.15) is 50.5 Å². The molecule has 0 spiro atoms. The Labute approximate surface area is 326 Å². The molecule has 0 heterocycles. The summed E-state index contributed by atoms with van der Waals surface area (Å²) in [7, 11) is 0. The standard InChI is InChI=1S/C46H64S4/c47-30-13-5-1-9-20-35(21-10-2-6-14-31-48)42-34-38-26-19-28-40-39-27-17-24-36-25-18-29-41(43(36)39)46(45(38)40)44(42)37(22-11-3-7-15-32-49)23-12-4-8-16-33-50/h17-19,24-29,34-35,37,47-50H,1-16,20-23,30-33H2. The van der Waals surface area contributed by atoms with Crippen molar-refractivity contribution in [2.45, 2.75) is 140 Å². The fourth-order valence-electron chi connectivity index (χ4n) is 8.86. The molecule has 5 aromatic carbocycles. The summed E-state index contributed by atoms with van der Waals surface area (Å²) >= 11 is 18.1. The van der Waals surface area contributed by atoms with Gasteiger partial charge in [0.25, 0.3) is 0 Å². The molecule has 0 unspecified atom stereocenters. The Balaban J connectivity index is 1.70. The lowest BCUT2D eigenvalue weighted by Gasteiger charge is -2.30. The van der Waals surface area contributed by atoms with Crippen molar-refractivity contribution in [3.05, 3.63) is 71.8 Å². The minimum Gasteiger partial charge on any atom is -0.179 e. The smallest absolute Gasteiger partial charge is 0.00233 e. The molecular formula is C46H64S4. The van der Waals surface area contributed by atoms with Crippen molar-refractivity contribution in [2.75, 3.05) is 23.0 Å². The maximum Gasteiger partial charge on any atom is -0.00233 e. The second-order valence-corrected chi connectivity index (χ2v) is 16.8. The van der Waals surface area contributed by atoms with Gasteiger partial charge in [-0.3, -0.25) is 0 Å². The van der Waals surface area contributed by atoms with Gasteiger partial charge in [0, 0.05) is 0 Å². The van der Waals surface area contributed by atoms with Gasteiger partial charge in [-0.25, -0.2) is 0 Å². The van der Waals surface area contributed by atoms with E-state index in [1.54, 1.807) is 16.5 Å². The summed E-state index contributed by atoms with van der Waals surface area (Å²) in [5, 5.41) is 11.7. The predicted molar refractivity (Wildman–Crippen MR) is 241 cm³/mol. The quantitative estimate of drug-likeness (QED) is 0.0184. The van der Waals surface area contributed by atoms with Gasteiger partial charge < -0.3 is 0 Å². The molecule has 5 aromatic rings. The number of benzene rings is 5. The summed E-state index contributed by atoms with van der Waals surface area (Å²) in [6.07, 6.45) is 25.9. The molecule has 0 amide bonds. The molecule has 0 fully saturated rings. The van der Waals surface area contributed by atoms with E-state index in [0.717, 1.165) is 23.0 Å². The van der Waals surface area contributed by atoms with Crippen LogP contribution < -0.4 is 0 Å². The van der Waals surface area contributed by atoms with Crippen LogP contribution in [0.1, 0.15) is 151 Å². The highest BCUT2D eigenvalue weighted by Crippen LogP contribution is 2.49. The Kier molecular flexibility index (Phi) is 17.7. The van der Waals surface area contributed by atoms with Crippen LogP contribution in [-0.4, -0.2) is 23.0 Å². The molecule has 272 valence electrons. The minimum absolute atomic E-state index is 0.584. The third-order valence-electron chi connectivity index (χ3n) is 11.4. The summed E-state index contributed by atoms with van der Waals surface area (Å²) in [6.45, 7) is 0. The Bertz CT molecular complexity index is 1660. The van der Waals surface area contributed by atoms with Crippen LogP contribution in [0.2, 0.25) is 0 Å². The molecular weight excluding hydrogens is 681 g/mol. The molecule has 0 atom stereocenters. The molecule has 0 aliphatic heterocycles. The highest BCUT2D eigenvalue weighted by Gasteiger charge is 2.27. The van der Waals surface area contributed by atoms with Gasteiger partial charge in [-0.05, 0) is 140 Å². The van der Waals surface area contributed by atoms with Crippen LogP contribution in [0, 0.1) is 0 Å². The second kappa shape index (κ2) is 22.1. The van der Waals surface area contributed by atoms with Crippen LogP contribution in [0.25, 0.3) is 43.1 Å². The van der Waals surface area contributed by atoms with Crippen LogP contribution in [0.3, 0.4) is 0 Å². The first kappa shape index (κ1) is 40.0. The molecule has 0 saturated carbocycles. The Morgan fingerprint density at radius 1 is 0.360 bits per heavy atom. The van der Waals surface area contributed by atoms with Crippen LogP contribution in [0.15, 0.2) is 60.7 Å². The van der Waals surface area contributed by atoms with Gasteiger partial charge in [-0.1, -0.05) is 138 Å². The molecule has 0 nitrogen and oxygen atoms in total. The van der Waals surface area contributed by atoms with Crippen molar-refractivity contribution < 1.29 is 0 Å². The fraction of sp³-hybridized carbons (Fsp3) is 0.565. The largest absolute Gasteiger partial charge is 0.179 e. The van der Waals surface area contributed by atoms with Crippen LogP contribution in [0.4, 0.5) is 0 Å². The molecule has 5 rings (SSSR count). The predicted octanol–water partition coefficient (Wildman–Crippen LogP) is 15.4. The van der Waals surface area contributed by atoms with Crippen molar-refractivity contribution in [1.29, 1.82) is 0 Å². The van der Waals surface area contributed by atoms with Gasteiger partial charge in [-0.15, -0.1) is 0 Å². The highest BCUT2D eigenvalue weighted by atomic mass is 32.1. The summed E-state index contributed by atoms with van der Waals surface area (Å²) in [5.74, 6) is 5.21. The molecule has 0 bridgehead atoms. The molecule has 0 aromatic heterocycles. The average Bonchev–Trinajstić information content (AvgIpc) is 3.14. The summed E-state index contributed by atoms with van der Waals surface area (Å²) in [6, 6.07) is 23.9. The Morgan fingerprint density at radius 3 is 1.24 bits per heavy atom. The van der Waals surface area contributed by atoms with E-state index in [1.807, 2.05) is 0 Å². The zero-order valence-electron chi connectivity index (χ0n) is 30.7. The summed E-state index contributed by atoms with van der Waals surface area (Å²) in [5.41, 5.74) is 3.42. The summed E-state index contributed by atoms with van der Waals surface area (Å²) < 4.78 is 0. The minimum atomic E-state index is 0.584. The molecule has 0 aliphatic rings. The van der Waals surface area contributed by atoms with Crippen molar-refractivity contribution in [3.63, 3.8) is 0 Å². The Morgan fingerprint density at radius 2 is 0.760 bits per heavy atom. The summed E-state index contributed by atoms with van der Waals surface area (Å²) in [4.78, 5) is 0. The fourth-order valence-corrected chi connectivity index (χ4v) is 9.76. The van der Waals surface area contributed by atoms with Gasteiger partial charge in [0.15, 0.2) is 0 Å². The van der Waals surface area contributed by atoms with Crippen molar-refractivity contribution in [1.82, 2.24) is 0 Å². The first-order chi connectivity index (χ1) is 24.7. The van der Waals surface area contributed by atoms with Crippen LogP contribution >= 0.6 is 50.5 Å². The first-order valence-corrected chi connectivity index (χ1v) is 22.8. The van der Waals surface area contributed by atoms with Gasteiger partial charge in [0.2, 0.25) is 0 Å². The van der Waals surface area contributed by atoms with Crippen LogP contribution in [0.5, 0.6) is 0 Å². The van der Waals surface area contributed by atoms with E-state index in [-0.39, 0.29) is 0 Å². The SMILES string of the molecule is SCCCCCCC(CCCCCCS)c1cc2cccc3c4cccc5cccc(c(c1C(CCCCCCS)CCCCCCS)c23)c54. The highest BCUT2D eigenvalue weighted by molar-refractivity contribution is 7.80. The number of fused-ring (bicyclic) bond motifs is 2. The maximum absolute atomic E-state index is 4.53. The lowest BCUT2D eigenvalue weighted by molar-refractivity contribution is 0.473. The van der Waals surface area contributed by atoms with Crippen molar-refractivity contribution in [2.24, 2.45) is 0 Å². The van der Waals surface area contributed by atoms with Gasteiger partial charge >= 0.3 is 0 Å². The van der Waals surface area contributed by atoms with E-state index >= 15 is 0 Å². The number of rotatable bonds is 26. The maximum atomic E-state index is 4.53. The molecule has 4 heteroatoms. The third-order valence-corrected chi connectivity index (χ3v) is 12.7. The number of hydrogen-bond acceptors (Lipinski definition) is 4. The molecule has 0 N–H and O–H groups in total. The normalized spacial score (nSPS) is 12.3. The molecule has 50 heavy (non-hydrogen) atoms. The zero-order valence-corrected chi connectivity index (χ0v) is 34.3. The lowest BCUT2D eigenvalue weighted by Crippen LogP contribution is -2.11.